The highest BCUT2D eigenvalue weighted by atomic mass is 28.3. The summed E-state index contributed by atoms with van der Waals surface area (Å²) in [5.74, 6) is 1.12. The first-order valence-corrected chi connectivity index (χ1v) is 19.4. The van der Waals surface area contributed by atoms with E-state index in [-0.39, 0.29) is 42.2 Å². The average molecular weight is 664 g/mol. The lowest BCUT2D eigenvalue weighted by Gasteiger charge is -2.37. The number of hydrogen-bond donors (Lipinski definition) is 2. The molecule has 48 heavy (non-hydrogen) atoms. The quantitative estimate of drug-likeness (QED) is 0.203. The summed E-state index contributed by atoms with van der Waals surface area (Å²) >= 11 is 0. The number of hydrogen-bond acceptors (Lipinski definition) is 6. The van der Waals surface area contributed by atoms with Gasteiger partial charge >= 0.3 is 0 Å². The standard InChI is InChI=1S/C38H41N3O6Si/c1-24-35(48(4,5)29-16-13-27(45-2)14-17-29)34(19-20-42)47-38(24)31-22-28(46-3)15-18-33(31)40(37(38)44)23-25-9-8-10-26(21-25)41-36(43)30-11-6-7-12-32(30)39-41/h6-18,21-22,24,34-35,39,42H,19-20,23H2,1-5H3/t24-,34+,35-,38+/m1/s1. The van der Waals surface area contributed by atoms with Gasteiger partial charge in [-0.15, -0.1) is 0 Å². The zero-order valence-corrected chi connectivity index (χ0v) is 28.9. The van der Waals surface area contributed by atoms with Gasteiger partial charge in [-0.1, -0.05) is 61.6 Å². The van der Waals surface area contributed by atoms with Crippen LogP contribution in [0.15, 0.2) is 95.8 Å². The number of benzene rings is 4. The number of anilines is 1. The third-order valence-electron chi connectivity index (χ3n) is 10.6. The van der Waals surface area contributed by atoms with Crippen molar-refractivity contribution in [2.24, 2.45) is 5.92 Å². The van der Waals surface area contributed by atoms with Gasteiger partial charge in [0, 0.05) is 18.1 Å². The van der Waals surface area contributed by atoms with Crippen molar-refractivity contribution in [2.75, 3.05) is 25.7 Å². The molecule has 9 nitrogen and oxygen atoms in total. The molecular weight excluding hydrogens is 623 g/mol. The number of carbonyl (C=O) groups excluding carboxylic acids is 1. The van der Waals surface area contributed by atoms with E-state index in [9.17, 15) is 9.90 Å². The number of carbonyl (C=O) groups is 1. The van der Waals surface area contributed by atoms with Crippen molar-refractivity contribution in [1.29, 1.82) is 0 Å². The number of rotatable bonds is 9. The Morgan fingerprint density at radius 1 is 0.917 bits per heavy atom. The predicted octanol–water partition coefficient (Wildman–Crippen LogP) is 5.48. The minimum Gasteiger partial charge on any atom is -0.497 e. The molecule has 4 aromatic carbocycles. The fourth-order valence-corrected chi connectivity index (χ4v) is 12.3. The van der Waals surface area contributed by atoms with Crippen LogP contribution in [0.1, 0.15) is 24.5 Å². The summed E-state index contributed by atoms with van der Waals surface area (Å²) in [5, 5.41) is 15.3. The van der Waals surface area contributed by atoms with Gasteiger partial charge in [0.2, 0.25) is 0 Å². The minimum absolute atomic E-state index is 0.0261. The van der Waals surface area contributed by atoms with Crippen molar-refractivity contribution >= 4 is 35.8 Å². The Labute approximate surface area is 280 Å². The van der Waals surface area contributed by atoms with Crippen molar-refractivity contribution in [2.45, 2.75) is 50.2 Å². The minimum atomic E-state index is -2.30. The van der Waals surface area contributed by atoms with E-state index < -0.39 is 13.7 Å². The molecule has 10 heteroatoms. The van der Waals surface area contributed by atoms with Gasteiger partial charge in [0.05, 0.1) is 57.2 Å². The number of nitrogens with one attached hydrogen (secondary N) is 1. The van der Waals surface area contributed by atoms with Crippen LogP contribution < -0.4 is 25.1 Å². The molecule has 0 bridgehead atoms. The SMILES string of the molecule is COc1ccc([Si](C)(C)[C@H]2[C@H](CCO)O[C@@]3(C(=O)N(Cc4cccc(-n5[nH]c6ccccc6c5=O)c4)c4ccc(OC)cc43)[C@@H]2C)cc1. The van der Waals surface area contributed by atoms with Gasteiger partial charge in [-0.25, -0.2) is 4.68 Å². The Morgan fingerprint density at radius 2 is 1.65 bits per heavy atom. The Balaban J connectivity index is 1.29. The summed E-state index contributed by atoms with van der Waals surface area (Å²) in [6, 6.07) is 29.1. The van der Waals surface area contributed by atoms with E-state index in [1.807, 2.05) is 72.8 Å². The molecule has 5 aromatic rings. The Morgan fingerprint density at radius 3 is 2.35 bits per heavy atom. The molecule has 2 aliphatic rings. The number of aromatic nitrogens is 2. The second-order valence-electron chi connectivity index (χ2n) is 13.4. The van der Waals surface area contributed by atoms with Gasteiger partial charge < -0.3 is 24.2 Å². The van der Waals surface area contributed by atoms with Crippen LogP contribution in [0.4, 0.5) is 5.69 Å². The number of fused-ring (bicyclic) bond motifs is 3. The smallest absolute Gasteiger partial charge is 0.279 e. The fraction of sp³-hybridized carbons (Fsp3) is 0.316. The van der Waals surface area contributed by atoms with Crippen LogP contribution in [0, 0.1) is 5.92 Å². The number of methoxy groups -OCH3 is 2. The van der Waals surface area contributed by atoms with Gasteiger partial charge in [0.15, 0.2) is 5.60 Å². The summed E-state index contributed by atoms with van der Waals surface area (Å²) in [7, 11) is 0.979. The van der Waals surface area contributed by atoms with Crippen molar-refractivity contribution in [3.05, 3.63) is 112 Å². The first-order chi connectivity index (χ1) is 23.1. The number of nitrogens with zero attached hydrogens (tertiary/aromatic N) is 2. The number of amides is 1. The normalized spacial score (nSPS) is 22.1. The second-order valence-corrected chi connectivity index (χ2v) is 18.1. The van der Waals surface area contributed by atoms with Gasteiger partial charge in [-0.3, -0.25) is 14.7 Å². The molecule has 0 saturated carbocycles. The summed E-state index contributed by atoms with van der Waals surface area (Å²) in [6.45, 7) is 7.02. The number of aromatic amines is 1. The van der Waals surface area contributed by atoms with E-state index in [1.165, 1.54) is 5.19 Å². The number of aliphatic hydroxyl groups is 1. The average Bonchev–Trinajstić information content (AvgIpc) is 3.68. The third kappa shape index (κ3) is 4.89. The van der Waals surface area contributed by atoms with Crippen LogP contribution in [0.2, 0.25) is 18.6 Å². The van der Waals surface area contributed by atoms with Crippen molar-refractivity contribution in [3.8, 4) is 17.2 Å². The number of para-hydroxylation sites is 1. The molecule has 0 unspecified atom stereocenters. The largest absolute Gasteiger partial charge is 0.497 e. The zero-order valence-electron chi connectivity index (χ0n) is 27.9. The molecule has 7 rings (SSSR count). The van der Waals surface area contributed by atoms with Crippen LogP contribution in [-0.2, 0) is 21.7 Å². The third-order valence-corrected chi connectivity index (χ3v) is 14.9. The van der Waals surface area contributed by atoms with E-state index in [0.29, 0.717) is 23.2 Å². The van der Waals surface area contributed by atoms with Gasteiger partial charge in [0.1, 0.15) is 11.5 Å². The molecule has 1 amide bonds. The number of H-pyrrole nitrogens is 1. The molecule has 2 aliphatic heterocycles. The Hall–Kier alpha value is -4.64. The summed E-state index contributed by atoms with van der Waals surface area (Å²) in [4.78, 5) is 30.0. The molecule has 1 spiro atoms. The molecule has 248 valence electrons. The molecule has 0 radical (unpaired) electrons. The van der Waals surface area contributed by atoms with Crippen LogP contribution in [0.5, 0.6) is 11.5 Å². The maximum absolute atomic E-state index is 15.0. The van der Waals surface area contributed by atoms with Crippen molar-refractivity contribution in [3.63, 3.8) is 0 Å². The summed E-state index contributed by atoms with van der Waals surface area (Å²) < 4.78 is 19.7. The summed E-state index contributed by atoms with van der Waals surface area (Å²) in [5.41, 5.74) is 2.51. The van der Waals surface area contributed by atoms with Gasteiger partial charge in [-0.2, -0.15) is 0 Å². The van der Waals surface area contributed by atoms with Crippen molar-refractivity contribution < 1.29 is 24.1 Å². The number of ether oxygens (including phenoxy) is 3. The van der Waals surface area contributed by atoms with Crippen LogP contribution in [0.3, 0.4) is 0 Å². The lowest BCUT2D eigenvalue weighted by Crippen LogP contribution is -2.51. The highest BCUT2D eigenvalue weighted by Crippen LogP contribution is 2.60. The molecule has 3 heterocycles. The lowest BCUT2D eigenvalue weighted by molar-refractivity contribution is -0.146. The topological polar surface area (TPSA) is 106 Å². The van der Waals surface area contributed by atoms with E-state index in [2.05, 4.69) is 37.2 Å². The monoisotopic (exact) mass is 663 g/mol. The molecule has 4 atom stereocenters. The lowest BCUT2D eigenvalue weighted by atomic mass is 9.82. The van der Waals surface area contributed by atoms with Crippen LogP contribution in [0.25, 0.3) is 16.6 Å². The molecular formula is C38H41N3O6Si. The highest BCUT2D eigenvalue weighted by Gasteiger charge is 2.66. The maximum atomic E-state index is 15.0. The fourth-order valence-electron chi connectivity index (χ4n) is 8.19. The van der Waals surface area contributed by atoms with Gasteiger partial charge in [-0.05, 0) is 72.1 Å². The Kier molecular flexibility index (Phi) is 8.05. The van der Waals surface area contributed by atoms with E-state index in [1.54, 1.807) is 29.9 Å². The van der Waals surface area contributed by atoms with Crippen LogP contribution in [-0.4, -0.2) is 55.8 Å². The van der Waals surface area contributed by atoms with Gasteiger partial charge in [0.25, 0.3) is 11.5 Å². The predicted molar refractivity (Wildman–Crippen MR) is 189 cm³/mol. The van der Waals surface area contributed by atoms with E-state index in [0.717, 1.165) is 28.1 Å². The molecule has 2 N–H and O–H groups in total. The number of aliphatic hydroxyl groups excluding tert-OH is 1. The molecule has 1 saturated heterocycles. The van der Waals surface area contributed by atoms with E-state index in [4.69, 9.17) is 14.2 Å². The molecule has 0 aliphatic carbocycles. The first kappa shape index (κ1) is 31.9. The zero-order chi connectivity index (χ0) is 33.8. The highest BCUT2D eigenvalue weighted by molar-refractivity contribution is 6.91. The first-order valence-electron chi connectivity index (χ1n) is 16.4. The van der Waals surface area contributed by atoms with E-state index >= 15 is 4.79 Å². The summed E-state index contributed by atoms with van der Waals surface area (Å²) in [6.07, 6.45) is 0.103. The van der Waals surface area contributed by atoms with Crippen molar-refractivity contribution in [1.82, 2.24) is 9.78 Å². The second kappa shape index (κ2) is 12.1. The van der Waals surface area contributed by atoms with Crippen LogP contribution >= 0.6 is 0 Å². The Bertz CT molecular complexity index is 2050. The molecule has 1 aromatic heterocycles. The molecule has 1 fully saturated rings. The maximum Gasteiger partial charge on any atom is 0.279 e.